The van der Waals surface area contributed by atoms with E-state index in [0.717, 1.165) is 55.5 Å². The van der Waals surface area contributed by atoms with Gasteiger partial charge in [0.2, 0.25) is 0 Å². The molecular weight excluding hydrogens is 669 g/mol. The molecule has 3 nitrogen and oxygen atoms in total. The van der Waals surface area contributed by atoms with E-state index in [1.165, 1.54) is 54.8 Å². The number of furan rings is 1. The van der Waals surface area contributed by atoms with Gasteiger partial charge in [0.05, 0.1) is 16.7 Å². The number of fused-ring (bicyclic) bond motifs is 9. The van der Waals surface area contributed by atoms with Crippen LogP contribution in [0.2, 0.25) is 0 Å². The van der Waals surface area contributed by atoms with Crippen molar-refractivity contribution in [1.29, 1.82) is 0 Å². The predicted octanol–water partition coefficient (Wildman–Crippen LogP) is 14.7. The summed E-state index contributed by atoms with van der Waals surface area (Å²) in [4.78, 5) is 2.40. The first-order chi connectivity index (χ1) is 27.1. The zero-order chi connectivity index (χ0) is 36.6. The molecule has 0 amide bonds. The Morgan fingerprint density at radius 2 is 1.07 bits per heavy atom. The van der Waals surface area contributed by atoms with Gasteiger partial charge in [0, 0.05) is 49.4 Å². The molecule has 2 aromatic heterocycles. The summed E-state index contributed by atoms with van der Waals surface area (Å²) in [5.41, 5.74) is 13.6. The van der Waals surface area contributed by atoms with E-state index in [9.17, 15) is 0 Å². The van der Waals surface area contributed by atoms with Gasteiger partial charge in [-0.25, -0.2) is 0 Å². The number of hydrogen-bond donors (Lipinski definition) is 0. The van der Waals surface area contributed by atoms with Crippen molar-refractivity contribution in [1.82, 2.24) is 4.57 Å². The summed E-state index contributed by atoms with van der Waals surface area (Å²) >= 11 is 0. The van der Waals surface area contributed by atoms with Crippen LogP contribution in [0.5, 0.6) is 0 Å². The molecule has 55 heavy (non-hydrogen) atoms. The van der Waals surface area contributed by atoms with E-state index in [2.05, 4.69) is 193 Å². The quantitative estimate of drug-likeness (QED) is 0.178. The zero-order valence-electron chi connectivity index (χ0n) is 30.6. The fourth-order valence-corrected chi connectivity index (χ4v) is 8.69. The van der Waals surface area contributed by atoms with Gasteiger partial charge < -0.3 is 13.9 Å². The molecule has 3 heteroatoms. The highest BCUT2D eigenvalue weighted by atomic mass is 16.3. The summed E-state index contributed by atoms with van der Waals surface area (Å²) < 4.78 is 8.85. The maximum atomic E-state index is 6.45. The number of aromatic nitrogens is 1. The molecule has 0 radical (unpaired) electrons. The summed E-state index contributed by atoms with van der Waals surface area (Å²) in [5, 5.41) is 9.49. The van der Waals surface area contributed by atoms with Crippen LogP contribution in [0.15, 0.2) is 186 Å². The van der Waals surface area contributed by atoms with Gasteiger partial charge in [0.15, 0.2) is 0 Å². The van der Waals surface area contributed by atoms with Gasteiger partial charge in [0.1, 0.15) is 11.2 Å². The summed E-state index contributed by atoms with van der Waals surface area (Å²) in [6.45, 7) is 4.34. The molecule has 0 fully saturated rings. The molecule has 0 aliphatic rings. The fraction of sp³-hybridized carbons (Fsp3) is 0.0385. The van der Waals surface area contributed by atoms with Crippen LogP contribution in [0.4, 0.5) is 17.1 Å². The van der Waals surface area contributed by atoms with E-state index in [0.29, 0.717) is 0 Å². The van der Waals surface area contributed by atoms with Gasteiger partial charge in [-0.2, -0.15) is 0 Å². The molecule has 0 spiro atoms. The minimum atomic E-state index is 0.911. The van der Waals surface area contributed by atoms with E-state index in [1.807, 2.05) is 12.1 Å². The van der Waals surface area contributed by atoms with Gasteiger partial charge in [-0.3, -0.25) is 0 Å². The lowest BCUT2D eigenvalue weighted by molar-refractivity contribution is 0.672. The Balaban J connectivity index is 1.12. The lowest BCUT2D eigenvalue weighted by Gasteiger charge is -2.28. The standard InChI is InChI=1S/C52H36N2O/c1-33-16-27-49-46(30-33)47-31-34(2)17-28-50(47)54(49)38-21-19-37(20-22-38)53(48-29-26-40(35-10-4-3-5-11-35)42-12-6-7-13-43(42)48)39-23-25-41-36(32-39)18-24-45-44-14-8-9-15-51(44)55-52(41)45/h3-32H,1-2H3. The molecule has 0 bridgehead atoms. The van der Waals surface area contributed by atoms with E-state index in [-0.39, 0.29) is 0 Å². The van der Waals surface area contributed by atoms with Crippen LogP contribution in [0.3, 0.4) is 0 Å². The number of rotatable bonds is 5. The SMILES string of the molecule is Cc1ccc2c(c1)c1cc(C)ccc1n2-c1ccc(N(c2ccc3c(ccc4c5ccccc5oc34)c2)c2ccc(-c3ccccc3)c3ccccc23)cc1. The van der Waals surface area contributed by atoms with Gasteiger partial charge >= 0.3 is 0 Å². The Morgan fingerprint density at radius 3 is 1.82 bits per heavy atom. The van der Waals surface area contributed by atoms with Crippen LogP contribution >= 0.6 is 0 Å². The summed E-state index contributed by atoms with van der Waals surface area (Å²) in [7, 11) is 0. The first-order valence-corrected chi connectivity index (χ1v) is 18.9. The van der Waals surface area contributed by atoms with E-state index >= 15 is 0 Å². The molecule has 0 aliphatic heterocycles. The molecule has 0 saturated heterocycles. The van der Waals surface area contributed by atoms with Gasteiger partial charge in [-0.1, -0.05) is 108 Å². The molecule has 11 rings (SSSR count). The van der Waals surface area contributed by atoms with Crippen LogP contribution in [0, 0.1) is 13.8 Å². The average Bonchev–Trinajstić information content (AvgIpc) is 3.77. The molecule has 0 N–H and O–H groups in total. The molecule has 0 aliphatic carbocycles. The van der Waals surface area contributed by atoms with Crippen LogP contribution in [0.25, 0.3) is 82.1 Å². The van der Waals surface area contributed by atoms with Crippen molar-refractivity contribution >= 4 is 82.4 Å². The highest BCUT2D eigenvalue weighted by molar-refractivity contribution is 6.16. The number of nitrogens with zero attached hydrogens (tertiary/aromatic N) is 2. The lowest BCUT2D eigenvalue weighted by atomic mass is 9.96. The zero-order valence-corrected chi connectivity index (χ0v) is 30.6. The second-order valence-electron chi connectivity index (χ2n) is 14.7. The van der Waals surface area contributed by atoms with Crippen molar-refractivity contribution < 1.29 is 4.42 Å². The Hall–Kier alpha value is -7.10. The Labute approximate surface area is 318 Å². The maximum absolute atomic E-state index is 6.45. The van der Waals surface area contributed by atoms with E-state index in [4.69, 9.17) is 4.42 Å². The largest absolute Gasteiger partial charge is 0.455 e. The van der Waals surface area contributed by atoms with Crippen molar-refractivity contribution in [3.63, 3.8) is 0 Å². The van der Waals surface area contributed by atoms with E-state index < -0.39 is 0 Å². The third-order valence-corrected chi connectivity index (χ3v) is 11.3. The van der Waals surface area contributed by atoms with Crippen LogP contribution < -0.4 is 4.90 Å². The molecule has 0 saturated carbocycles. The highest BCUT2D eigenvalue weighted by Crippen LogP contribution is 2.44. The van der Waals surface area contributed by atoms with Crippen LogP contribution in [0.1, 0.15) is 11.1 Å². The van der Waals surface area contributed by atoms with Crippen LogP contribution in [-0.2, 0) is 0 Å². The molecule has 11 aromatic rings. The number of hydrogen-bond acceptors (Lipinski definition) is 2. The van der Waals surface area contributed by atoms with Crippen molar-refractivity contribution in [2.45, 2.75) is 13.8 Å². The Morgan fingerprint density at radius 1 is 0.436 bits per heavy atom. The number of para-hydroxylation sites is 1. The summed E-state index contributed by atoms with van der Waals surface area (Å²) in [5.74, 6) is 0. The smallest absolute Gasteiger partial charge is 0.143 e. The molecule has 260 valence electrons. The number of anilines is 3. The summed E-state index contributed by atoms with van der Waals surface area (Å²) in [6.07, 6.45) is 0. The number of benzene rings is 9. The van der Waals surface area contributed by atoms with E-state index in [1.54, 1.807) is 0 Å². The van der Waals surface area contributed by atoms with Crippen molar-refractivity contribution in [2.24, 2.45) is 0 Å². The minimum absolute atomic E-state index is 0.911. The van der Waals surface area contributed by atoms with Crippen molar-refractivity contribution in [3.05, 3.63) is 193 Å². The van der Waals surface area contributed by atoms with Gasteiger partial charge in [0.25, 0.3) is 0 Å². The second-order valence-corrected chi connectivity index (χ2v) is 14.7. The Kier molecular flexibility index (Phi) is 6.99. The molecule has 9 aromatic carbocycles. The monoisotopic (exact) mass is 704 g/mol. The normalized spacial score (nSPS) is 11.8. The van der Waals surface area contributed by atoms with Crippen molar-refractivity contribution in [3.8, 4) is 16.8 Å². The maximum Gasteiger partial charge on any atom is 0.143 e. The van der Waals surface area contributed by atoms with Crippen molar-refractivity contribution in [2.75, 3.05) is 4.90 Å². The first kappa shape index (κ1) is 31.4. The molecule has 0 unspecified atom stereocenters. The summed E-state index contributed by atoms with van der Waals surface area (Å²) in [6, 6.07) is 66.1. The molecule has 0 atom stereocenters. The lowest BCUT2D eigenvalue weighted by Crippen LogP contribution is -2.11. The average molecular weight is 705 g/mol. The van der Waals surface area contributed by atoms with Crippen LogP contribution in [-0.4, -0.2) is 4.57 Å². The Bertz CT molecular complexity index is 3220. The fourth-order valence-electron chi connectivity index (χ4n) is 8.69. The first-order valence-electron chi connectivity index (χ1n) is 18.9. The number of aryl methyl sites for hydroxylation is 2. The predicted molar refractivity (Wildman–Crippen MR) is 233 cm³/mol. The third-order valence-electron chi connectivity index (χ3n) is 11.3. The third kappa shape index (κ3) is 4.97. The molecule has 2 heterocycles. The highest BCUT2D eigenvalue weighted by Gasteiger charge is 2.20. The minimum Gasteiger partial charge on any atom is -0.455 e. The van der Waals surface area contributed by atoms with Gasteiger partial charge in [-0.15, -0.1) is 0 Å². The second kappa shape index (κ2) is 12.2. The molecular formula is C52H36N2O. The van der Waals surface area contributed by atoms with Gasteiger partial charge in [-0.05, 0) is 121 Å². The topological polar surface area (TPSA) is 21.3 Å².